The Balaban J connectivity index is 1.24. The molecule has 1 aliphatic carbocycles. The maximum atomic E-state index is 12.9. The predicted molar refractivity (Wildman–Crippen MR) is 171 cm³/mol. The lowest BCUT2D eigenvalue weighted by molar-refractivity contribution is 0.103. The second kappa shape index (κ2) is 10.8. The third kappa shape index (κ3) is 4.50. The molecule has 0 saturated heterocycles. The van der Waals surface area contributed by atoms with Crippen molar-refractivity contribution in [3.8, 4) is 28.4 Å². The van der Waals surface area contributed by atoms with Crippen LogP contribution in [0.4, 0.5) is 0 Å². The van der Waals surface area contributed by atoms with Gasteiger partial charge in [0.2, 0.25) is 0 Å². The molecule has 1 aliphatic rings. The van der Waals surface area contributed by atoms with Crippen molar-refractivity contribution in [1.82, 2.24) is 0 Å². The highest BCUT2D eigenvalue weighted by Crippen LogP contribution is 2.56. The molecule has 43 heavy (non-hydrogen) atoms. The molecular weight excluding hydrogens is 528 g/mol. The van der Waals surface area contributed by atoms with Crippen LogP contribution in [-0.4, -0.2) is 12.9 Å². The maximum absolute atomic E-state index is 12.9. The molecule has 3 nitrogen and oxygen atoms in total. The van der Waals surface area contributed by atoms with Gasteiger partial charge < -0.3 is 9.47 Å². The Morgan fingerprint density at radius 1 is 0.512 bits per heavy atom. The minimum absolute atomic E-state index is 0.00291. The lowest BCUT2D eigenvalue weighted by atomic mass is 9.68. The molecule has 0 atom stereocenters. The molecular formula is C40H30O3. The zero-order valence-electron chi connectivity index (χ0n) is 24.1. The van der Waals surface area contributed by atoms with Crippen LogP contribution in [-0.2, 0) is 5.41 Å². The summed E-state index contributed by atoms with van der Waals surface area (Å²) in [5.41, 5.74) is 9.27. The van der Waals surface area contributed by atoms with Gasteiger partial charge in [-0.15, -0.1) is 0 Å². The van der Waals surface area contributed by atoms with Crippen LogP contribution in [0.15, 0.2) is 146 Å². The first-order chi connectivity index (χ1) is 21.1. The van der Waals surface area contributed by atoms with Gasteiger partial charge in [0, 0.05) is 11.1 Å². The molecule has 0 spiro atoms. The summed E-state index contributed by atoms with van der Waals surface area (Å²) >= 11 is 0. The number of carbonyl (C=O) groups is 1. The smallest absolute Gasteiger partial charge is 0.193 e. The van der Waals surface area contributed by atoms with Crippen molar-refractivity contribution in [3.63, 3.8) is 0 Å². The molecule has 0 fully saturated rings. The van der Waals surface area contributed by atoms with Crippen LogP contribution in [0.3, 0.4) is 0 Å². The number of ether oxygens (including phenoxy) is 2. The number of fused-ring (bicyclic) bond motifs is 3. The number of methoxy groups -OCH3 is 1. The molecule has 7 rings (SSSR count). The van der Waals surface area contributed by atoms with Gasteiger partial charge in [-0.2, -0.15) is 0 Å². The van der Waals surface area contributed by atoms with Crippen LogP contribution in [0, 0.1) is 6.92 Å². The monoisotopic (exact) mass is 558 g/mol. The third-order valence-electron chi connectivity index (χ3n) is 8.43. The van der Waals surface area contributed by atoms with Gasteiger partial charge in [-0.05, 0) is 88.8 Å². The topological polar surface area (TPSA) is 35.5 Å². The van der Waals surface area contributed by atoms with E-state index in [2.05, 4.69) is 72.8 Å². The Labute approximate surface area is 252 Å². The van der Waals surface area contributed by atoms with Crippen LogP contribution in [0.5, 0.6) is 17.2 Å². The normalized spacial score (nSPS) is 12.7. The molecule has 3 heteroatoms. The van der Waals surface area contributed by atoms with Crippen LogP contribution < -0.4 is 9.47 Å². The lowest BCUT2D eigenvalue weighted by Crippen LogP contribution is -2.28. The number of hydrogen-bond acceptors (Lipinski definition) is 3. The van der Waals surface area contributed by atoms with Gasteiger partial charge in [-0.1, -0.05) is 103 Å². The number of aryl methyl sites for hydroxylation is 1. The van der Waals surface area contributed by atoms with Gasteiger partial charge in [0.15, 0.2) is 5.78 Å². The molecule has 0 heterocycles. The van der Waals surface area contributed by atoms with E-state index >= 15 is 0 Å². The van der Waals surface area contributed by atoms with Gasteiger partial charge >= 0.3 is 0 Å². The van der Waals surface area contributed by atoms with Crippen molar-refractivity contribution < 1.29 is 14.3 Å². The van der Waals surface area contributed by atoms with E-state index in [-0.39, 0.29) is 5.78 Å². The average molecular weight is 559 g/mol. The molecule has 6 aromatic rings. The van der Waals surface area contributed by atoms with Crippen LogP contribution in [0.1, 0.15) is 43.7 Å². The van der Waals surface area contributed by atoms with Gasteiger partial charge in [-0.3, -0.25) is 4.79 Å². The quantitative estimate of drug-likeness (QED) is 0.183. The van der Waals surface area contributed by atoms with Crippen molar-refractivity contribution in [2.24, 2.45) is 0 Å². The molecule has 0 saturated carbocycles. The summed E-state index contributed by atoms with van der Waals surface area (Å²) in [4.78, 5) is 12.9. The Bertz CT molecular complexity index is 1870. The number of carbonyl (C=O) groups excluding carboxylic acids is 1. The van der Waals surface area contributed by atoms with Crippen molar-refractivity contribution in [1.29, 1.82) is 0 Å². The fraction of sp³-hybridized carbons (Fsp3) is 0.0750. The number of ketones is 1. The summed E-state index contributed by atoms with van der Waals surface area (Å²) in [6, 6.07) is 49.1. The molecule has 208 valence electrons. The van der Waals surface area contributed by atoms with E-state index in [9.17, 15) is 4.79 Å². The van der Waals surface area contributed by atoms with E-state index in [1.54, 1.807) is 7.11 Å². The Morgan fingerprint density at radius 2 is 0.930 bits per heavy atom. The van der Waals surface area contributed by atoms with Gasteiger partial charge in [0.05, 0.1) is 12.5 Å². The molecule has 6 aromatic carbocycles. The SMILES string of the molecule is COc1ccc(C2(c3ccc(Oc4ccc(C(=O)c5ccc(C)cc5)cc4)cc3)c3ccccc3-c3ccccc32)cc1. The van der Waals surface area contributed by atoms with Crippen molar-refractivity contribution in [2.75, 3.05) is 7.11 Å². The summed E-state index contributed by atoms with van der Waals surface area (Å²) in [6.07, 6.45) is 0. The first-order valence-electron chi connectivity index (χ1n) is 14.4. The van der Waals surface area contributed by atoms with E-state index in [1.165, 1.54) is 27.8 Å². The van der Waals surface area contributed by atoms with Gasteiger partial charge in [0.1, 0.15) is 17.2 Å². The average Bonchev–Trinajstić information content (AvgIpc) is 3.37. The Morgan fingerprint density at radius 3 is 1.42 bits per heavy atom. The first kappa shape index (κ1) is 26.5. The standard InChI is InChI=1S/C40H30O3/c1-27-11-13-28(14-12-27)39(41)29-15-21-33(22-16-29)43-34-25-19-31(20-26-34)40(30-17-23-32(42-2)24-18-30)37-9-5-3-7-35(37)36-8-4-6-10-38(36)40/h3-26H,1-2H3. The van der Waals surface area contributed by atoms with Crippen LogP contribution in [0.2, 0.25) is 0 Å². The molecule has 0 unspecified atom stereocenters. The number of rotatable bonds is 7. The van der Waals surface area contributed by atoms with Crippen molar-refractivity contribution in [2.45, 2.75) is 12.3 Å². The van der Waals surface area contributed by atoms with Crippen LogP contribution in [0.25, 0.3) is 11.1 Å². The van der Waals surface area contributed by atoms with Crippen molar-refractivity contribution >= 4 is 5.78 Å². The lowest BCUT2D eigenvalue weighted by Gasteiger charge is -2.34. The van der Waals surface area contributed by atoms with Crippen LogP contribution >= 0.6 is 0 Å². The zero-order chi connectivity index (χ0) is 29.4. The summed E-state index contributed by atoms with van der Waals surface area (Å²) in [5.74, 6) is 2.23. The summed E-state index contributed by atoms with van der Waals surface area (Å²) in [7, 11) is 1.69. The minimum atomic E-state index is -0.490. The number of benzene rings is 6. The fourth-order valence-electron chi connectivity index (χ4n) is 6.32. The maximum Gasteiger partial charge on any atom is 0.193 e. The summed E-state index contributed by atoms with van der Waals surface area (Å²) in [6.45, 7) is 2.01. The first-order valence-corrected chi connectivity index (χ1v) is 14.4. The molecule has 0 bridgehead atoms. The van der Waals surface area contributed by atoms with Crippen molar-refractivity contribution in [3.05, 3.63) is 185 Å². The van der Waals surface area contributed by atoms with E-state index < -0.39 is 5.41 Å². The highest BCUT2D eigenvalue weighted by atomic mass is 16.5. The second-order valence-corrected chi connectivity index (χ2v) is 10.9. The van der Waals surface area contributed by atoms with Gasteiger partial charge in [0.25, 0.3) is 0 Å². The van der Waals surface area contributed by atoms with E-state index in [4.69, 9.17) is 9.47 Å². The molecule has 0 aliphatic heterocycles. The third-order valence-corrected chi connectivity index (χ3v) is 8.43. The second-order valence-electron chi connectivity index (χ2n) is 10.9. The van der Waals surface area contributed by atoms with E-state index in [0.29, 0.717) is 16.9 Å². The molecule has 0 aromatic heterocycles. The van der Waals surface area contributed by atoms with E-state index in [1.807, 2.05) is 79.7 Å². The van der Waals surface area contributed by atoms with Gasteiger partial charge in [-0.25, -0.2) is 0 Å². The zero-order valence-corrected chi connectivity index (χ0v) is 24.1. The largest absolute Gasteiger partial charge is 0.497 e. The van der Waals surface area contributed by atoms with E-state index in [0.717, 1.165) is 22.6 Å². The highest BCUT2D eigenvalue weighted by molar-refractivity contribution is 6.09. The Hall–Kier alpha value is -5.41. The fourth-order valence-corrected chi connectivity index (χ4v) is 6.32. The predicted octanol–water partition coefficient (Wildman–Crippen LogP) is 9.39. The molecule has 0 amide bonds. The Kier molecular flexibility index (Phi) is 6.64. The minimum Gasteiger partial charge on any atom is -0.497 e. The summed E-state index contributed by atoms with van der Waals surface area (Å²) < 4.78 is 11.7. The summed E-state index contributed by atoms with van der Waals surface area (Å²) in [5, 5.41) is 0. The number of hydrogen-bond donors (Lipinski definition) is 0. The highest BCUT2D eigenvalue weighted by Gasteiger charge is 2.45. The molecule has 0 N–H and O–H groups in total. The molecule has 0 radical (unpaired) electrons.